The van der Waals surface area contributed by atoms with E-state index in [0.717, 1.165) is 11.1 Å². The van der Waals surface area contributed by atoms with Gasteiger partial charge in [0.05, 0.1) is 26.1 Å². The number of likely N-dealkylation sites (N-methyl/N-ethyl adjacent to an activating group) is 1. The lowest BCUT2D eigenvalue weighted by molar-refractivity contribution is -0.902. The number of piperidine rings is 1. The maximum atomic E-state index is 13.1. The first-order valence-corrected chi connectivity index (χ1v) is 8.24. The van der Waals surface area contributed by atoms with E-state index in [1.807, 2.05) is 12.1 Å². The molecule has 1 unspecified atom stereocenters. The predicted octanol–water partition coefficient (Wildman–Crippen LogP) is 0.837. The molecule has 1 N–H and O–H groups in total. The molecule has 4 aliphatic rings. The zero-order valence-electron chi connectivity index (χ0n) is 13.6. The number of likely N-dealkylation sites (tertiary alicyclic amines) is 1. The standard InChI is InChI=1S/C18H19NO5/c1-19(22)8-7-17-14-10-3-4-12(23-2)15(14)24-16(17)11(20)5-6-18(17,21)13(19)9-10/h3-6,13,16,21H,7-9H2,1-2H3/t13-,16+,17+,18-,19?/m1/s1. The van der Waals surface area contributed by atoms with E-state index in [0.29, 0.717) is 30.9 Å². The summed E-state index contributed by atoms with van der Waals surface area (Å²) in [5.41, 5.74) is -0.428. The number of hydrogen-bond donors (Lipinski definition) is 1. The molecule has 0 saturated carbocycles. The van der Waals surface area contributed by atoms with Gasteiger partial charge in [0, 0.05) is 18.4 Å². The zero-order chi connectivity index (χ0) is 16.9. The highest BCUT2D eigenvalue weighted by Crippen LogP contribution is 2.64. The van der Waals surface area contributed by atoms with Gasteiger partial charge >= 0.3 is 0 Å². The first kappa shape index (κ1) is 14.5. The smallest absolute Gasteiger partial charge is 0.197 e. The van der Waals surface area contributed by atoms with E-state index in [-0.39, 0.29) is 5.78 Å². The summed E-state index contributed by atoms with van der Waals surface area (Å²) in [5.74, 6) is 0.957. The molecule has 0 radical (unpaired) electrons. The van der Waals surface area contributed by atoms with Crippen molar-refractivity contribution in [3.05, 3.63) is 40.6 Å². The summed E-state index contributed by atoms with van der Waals surface area (Å²) < 4.78 is 11.0. The largest absolute Gasteiger partial charge is 0.633 e. The van der Waals surface area contributed by atoms with E-state index in [2.05, 4.69) is 0 Å². The molecule has 0 amide bonds. The molecule has 1 saturated heterocycles. The summed E-state index contributed by atoms with van der Waals surface area (Å²) in [6.45, 7) is 0.351. The van der Waals surface area contributed by atoms with Crippen LogP contribution in [0.1, 0.15) is 17.5 Å². The Labute approximate surface area is 139 Å². The number of rotatable bonds is 1. The van der Waals surface area contributed by atoms with Crippen molar-refractivity contribution in [1.29, 1.82) is 0 Å². The molecular formula is C18H19NO5. The van der Waals surface area contributed by atoms with Crippen LogP contribution in [0.15, 0.2) is 24.3 Å². The normalized spacial score (nSPS) is 44.1. The monoisotopic (exact) mass is 329 g/mol. The van der Waals surface area contributed by atoms with E-state index in [4.69, 9.17) is 9.47 Å². The van der Waals surface area contributed by atoms with E-state index in [9.17, 15) is 15.1 Å². The van der Waals surface area contributed by atoms with Crippen molar-refractivity contribution in [1.82, 2.24) is 0 Å². The minimum atomic E-state index is -1.38. The van der Waals surface area contributed by atoms with Crippen LogP contribution in [0.25, 0.3) is 0 Å². The Morgan fingerprint density at radius 3 is 3.00 bits per heavy atom. The number of carbonyl (C=O) groups is 1. The Hall–Kier alpha value is -1.89. The topological polar surface area (TPSA) is 78.8 Å². The lowest BCUT2D eigenvalue weighted by Crippen LogP contribution is -2.78. The van der Waals surface area contributed by atoms with Crippen LogP contribution in [0, 0.1) is 5.21 Å². The Kier molecular flexibility index (Phi) is 2.42. The second kappa shape index (κ2) is 4.02. The van der Waals surface area contributed by atoms with Gasteiger partial charge in [-0.1, -0.05) is 6.07 Å². The summed E-state index contributed by atoms with van der Waals surface area (Å²) in [6, 6.07) is 3.20. The van der Waals surface area contributed by atoms with Crippen molar-refractivity contribution in [2.75, 3.05) is 20.7 Å². The molecule has 2 bridgehead atoms. The summed E-state index contributed by atoms with van der Waals surface area (Å²) in [5, 5.41) is 24.7. The molecule has 2 aliphatic heterocycles. The number of carbonyl (C=O) groups excluding carboxylic acids is 1. The van der Waals surface area contributed by atoms with Crippen LogP contribution in [0.2, 0.25) is 0 Å². The van der Waals surface area contributed by atoms with Crippen LogP contribution in [0.3, 0.4) is 0 Å². The first-order valence-electron chi connectivity index (χ1n) is 8.24. The fourth-order valence-corrected chi connectivity index (χ4v) is 5.44. The van der Waals surface area contributed by atoms with E-state index in [1.54, 1.807) is 20.2 Å². The maximum Gasteiger partial charge on any atom is 0.197 e. The Balaban J connectivity index is 1.89. The van der Waals surface area contributed by atoms with Crippen molar-refractivity contribution in [2.24, 2.45) is 0 Å². The number of ether oxygens (including phenoxy) is 2. The van der Waals surface area contributed by atoms with Crippen molar-refractivity contribution in [3.63, 3.8) is 0 Å². The number of quaternary nitrogens is 1. The first-order chi connectivity index (χ1) is 11.3. The van der Waals surface area contributed by atoms with Crippen LogP contribution in [-0.2, 0) is 16.6 Å². The molecule has 5 atom stereocenters. The molecule has 2 aliphatic carbocycles. The number of methoxy groups -OCH3 is 1. The Bertz CT molecular complexity index is 816. The molecule has 6 nitrogen and oxygen atoms in total. The number of ketones is 1. The summed E-state index contributed by atoms with van der Waals surface area (Å²) >= 11 is 0. The van der Waals surface area contributed by atoms with Crippen LogP contribution in [0.5, 0.6) is 11.5 Å². The second-order valence-electron chi connectivity index (χ2n) is 7.53. The quantitative estimate of drug-likeness (QED) is 0.610. The van der Waals surface area contributed by atoms with E-state index < -0.39 is 27.8 Å². The lowest BCUT2D eigenvalue weighted by atomic mass is 9.50. The third-order valence-electron chi connectivity index (χ3n) is 6.56. The second-order valence-corrected chi connectivity index (χ2v) is 7.53. The number of hydrogen-bond acceptors (Lipinski definition) is 5. The summed E-state index contributed by atoms with van der Waals surface area (Å²) in [7, 11) is 3.17. The number of aliphatic hydroxyl groups is 1. The molecule has 126 valence electrons. The van der Waals surface area contributed by atoms with Crippen LogP contribution in [0.4, 0.5) is 0 Å². The van der Waals surface area contributed by atoms with Gasteiger partial charge < -0.3 is 24.4 Å². The SMILES string of the molecule is COc1ccc2c3c1O[C@H]1C(=O)C=C[C@@]4(O)[C@@H](C2)[N+](C)([O-])CC[C@]314. The van der Waals surface area contributed by atoms with Crippen molar-refractivity contribution < 1.29 is 24.0 Å². The highest BCUT2D eigenvalue weighted by Gasteiger charge is 2.74. The van der Waals surface area contributed by atoms with Gasteiger partial charge in [0.15, 0.2) is 23.4 Å². The van der Waals surface area contributed by atoms with Crippen LogP contribution in [-0.4, -0.2) is 54.0 Å². The van der Waals surface area contributed by atoms with Gasteiger partial charge in [-0.25, -0.2) is 0 Å². The fourth-order valence-electron chi connectivity index (χ4n) is 5.44. The molecule has 24 heavy (non-hydrogen) atoms. The molecule has 5 rings (SSSR count). The Morgan fingerprint density at radius 1 is 1.46 bits per heavy atom. The number of nitrogens with zero attached hydrogens (tertiary/aromatic N) is 1. The average molecular weight is 329 g/mol. The van der Waals surface area contributed by atoms with Gasteiger partial charge in [0.1, 0.15) is 11.6 Å². The average Bonchev–Trinajstić information content (AvgIpc) is 2.90. The van der Waals surface area contributed by atoms with Gasteiger partial charge in [0.2, 0.25) is 0 Å². The molecule has 1 aromatic carbocycles. The van der Waals surface area contributed by atoms with Crippen LogP contribution >= 0.6 is 0 Å². The van der Waals surface area contributed by atoms with Gasteiger partial charge in [-0.15, -0.1) is 0 Å². The van der Waals surface area contributed by atoms with Gasteiger partial charge in [-0.3, -0.25) is 4.79 Å². The minimum Gasteiger partial charge on any atom is -0.633 e. The predicted molar refractivity (Wildman–Crippen MR) is 84.7 cm³/mol. The molecule has 1 fully saturated rings. The van der Waals surface area contributed by atoms with Crippen molar-refractivity contribution >= 4 is 5.78 Å². The van der Waals surface area contributed by atoms with Gasteiger partial charge in [0.25, 0.3) is 0 Å². The molecule has 6 heteroatoms. The summed E-state index contributed by atoms with van der Waals surface area (Å²) in [4.78, 5) is 12.6. The Morgan fingerprint density at radius 2 is 2.25 bits per heavy atom. The third-order valence-corrected chi connectivity index (χ3v) is 6.56. The van der Waals surface area contributed by atoms with Gasteiger partial charge in [-0.05, 0) is 23.8 Å². The highest BCUT2D eigenvalue weighted by atomic mass is 16.6. The molecular weight excluding hydrogens is 310 g/mol. The summed E-state index contributed by atoms with van der Waals surface area (Å²) in [6.07, 6.45) is 3.00. The zero-order valence-corrected chi connectivity index (χ0v) is 13.6. The van der Waals surface area contributed by atoms with Crippen molar-refractivity contribution in [3.8, 4) is 11.5 Å². The minimum absolute atomic E-state index is 0.161. The van der Waals surface area contributed by atoms with Crippen LogP contribution < -0.4 is 9.47 Å². The molecule has 1 spiro atoms. The lowest BCUT2D eigenvalue weighted by Gasteiger charge is -2.64. The maximum absolute atomic E-state index is 13.1. The fraction of sp³-hybridized carbons (Fsp3) is 0.500. The van der Waals surface area contributed by atoms with Gasteiger partial charge in [-0.2, -0.15) is 0 Å². The number of benzene rings is 1. The van der Waals surface area contributed by atoms with E-state index in [1.165, 1.54) is 6.08 Å². The molecule has 1 aromatic rings. The third kappa shape index (κ3) is 1.30. The number of hydroxylamine groups is 3. The highest BCUT2D eigenvalue weighted by molar-refractivity contribution is 5.99. The molecule has 2 heterocycles. The molecule has 0 aromatic heterocycles. The van der Waals surface area contributed by atoms with E-state index >= 15 is 0 Å². The van der Waals surface area contributed by atoms with Crippen molar-refractivity contribution in [2.45, 2.75) is 36.0 Å².